The predicted octanol–water partition coefficient (Wildman–Crippen LogP) is 5.09. The molecular formula is C81H147N4O28P. The average Bonchev–Trinajstić information content (AvgIpc) is 1.23. The fraction of sp³-hybridized carbons (Fsp3) is 0.914. The van der Waals surface area contributed by atoms with Gasteiger partial charge in [-0.25, -0.2) is 0 Å². The van der Waals surface area contributed by atoms with Crippen LogP contribution in [0.5, 0.6) is 0 Å². The van der Waals surface area contributed by atoms with E-state index < -0.39 is 125 Å². The molecule has 0 radical (unpaired) electrons. The second-order valence-electron chi connectivity index (χ2n) is 32.2. The van der Waals surface area contributed by atoms with Crippen LogP contribution < -0.4 is 16.0 Å². The molecular weight excluding hydrogens is 1510 g/mol. The normalized spacial score (nSPS) is 26.9. The first-order valence-corrected chi connectivity index (χ1v) is 44.7. The summed E-state index contributed by atoms with van der Waals surface area (Å²) < 4.78 is 70.0. The number of nitrogens with one attached hydrogen (secondary N) is 3. The van der Waals surface area contributed by atoms with E-state index in [2.05, 4.69) is 22.9 Å². The van der Waals surface area contributed by atoms with E-state index in [1.54, 1.807) is 20.8 Å². The van der Waals surface area contributed by atoms with Crippen molar-refractivity contribution in [2.75, 3.05) is 119 Å². The highest BCUT2D eigenvalue weighted by molar-refractivity contribution is 7.51. The standard InChI is InChI=1S/C81H147N4O28P/c1-57-48-61(53-110-114(5,102)103)85(49-57)71(95)35-19-11-9-7-6-8-10-12-23-41-84-81(54-104-45-36-64(91)30-17-13-15-28-62(89)32-20-24-42-107-78-58(2)72(96)75(99)66(50-86)111-78,55-105-46-37-65(92)31-18-14-16-29-63(90)33-21-25-43-108-79-59(3)73(97)76(100)67(51-87)112-79)56-106-47-38-70(94)83-40-27-39-82-69(93)34-22-26-44-109-80-60(4)74(98)77(101)68(52-88)113-80/h57-61,66-68,72-80,84,86-88,96-101H,6-56H2,1-5H3,(H,82,93)(H,83,94)(H,102,103)/t57-,58?,59?,60?,61+,66?,67?,68?,72?,73?,74?,75?,76?,77?,78?,79?,80?,81?/m1/s1. The van der Waals surface area contributed by atoms with Crippen LogP contribution >= 0.6 is 7.60 Å². The Morgan fingerprint density at radius 2 is 0.746 bits per heavy atom. The minimum atomic E-state index is -3.65. The van der Waals surface area contributed by atoms with Crippen LogP contribution in [0, 0.1) is 23.7 Å². The van der Waals surface area contributed by atoms with Crippen molar-refractivity contribution in [3.63, 3.8) is 0 Å². The molecule has 18 atom stereocenters. The number of ketones is 4. The van der Waals surface area contributed by atoms with Gasteiger partial charge < -0.3 is 119 Å². The molecule has 0 saturated carbocycles. The lowest BCUT2D eigenvalue weighted by Crippen LogP contribution is -2.57. The fourth-order valence-electron chi connectivity index (χ4n) is 14.5. The zero-order chi connectivity index (χ0) is 83.7. The van der Waals surface area contributed by atoms with Crippen LogP contribution in [0.15, 0.2) is 0 Å². The molecule has 4 rings (SSSR count). The number of Topliss-reactive ketones (excluding diaryl/α,β-unsaturated/α-hetero) is 4. The lowest BCUT2D eigenvalue weighted by molar-refractivity contribution is -0.282. The molecule has 33 heteroatoms. The van der Waals surface area contributed by atoms with Gasteiger partial charge in [0.25, 0.3) is 0 Å². The van der Waals surface area contributed by atoms with Crippen LogP contribution in [0.4, 0.5) is 0 Å². The summed E-state index contributed by atoms with van der Waals surface area (Å²) >= 11 is 0. The number of amides is 3. The third-order valence-electron chi connectivity index (χ3n) is 21.9. The summed E-state index contributed by atoms with van der Waals surface area (Å²) in [7, 11) is -3.65. The molecule has 13 N–H and O–H groups in total. The topological polar surface area (TPSA) is 470 Å². The number of aliphatic hydroxyl groups excluding tert-OH is 9. The van der Waals surface area contributed by atoms with Crippen LogP contribution in [-0.2, 0) is 85.3 Å². The van der Waals surface area contributed by atoms with E-state index in [4.69, 9.17) is 47.2 Å². The second-order valence-corrected chi connectivity index (χ2v) is 34.1. The maximum atomic E-state index is 13.2. The van der Waals surface area contributed by atoms with Crippen LogP contribution in [0.25, 0.3) is 0 Å². The first kappa shape index (κ1) is 103. The van der Waals surface area contributed by atoms with Gasteiger partial charge in [0, 0.05) is 135 Å². The quantitative estimate of drug-likeness (QED) is 0.0278. The molecule has 32 nitrogen and oxygen atoms in total. The van der Waals surface area contributed by atoms with Crippen molar-refractivity contribution in [1.29, 1.82) is 0 Å². The van der Waals surface area contributed by atoms with Gasteiger partial charge in [-0.15, -0.1) is 0 Å². The van der Waals surface area contributed by atoms with E-state index in [9.17, 15) is 89.0 Å². The number of carbonyl (C=O) groups excluding carboxylic acids is 7. The van der Waals surface area contributed by atoms with Gasteiger partial charge in [-0.1, -0.05) is 85.5 Å². The molecule has 3 amide bonds. The van der Waals surface area contributed by atoms with E-state index in [0.29, 0.717) is 161 Å². The summed E-state index contributed by atoms with van der Waals surface area (Å²) in [5.41, 5.74) is -0.962. The molecule has 0 aliphatic carbocycles. The van der Waals surface area contributed by atoms with Crippen LogP contribution in [0.1, 0.15) is 246 Å². The number of hydrogen-bond donors (Lipinski definition) is 13. The molecule has 16 unspecified atom stereocenters. The Bertz CT molecular complexity index is 2490. The van der Waals surface area contributed by atoms with Gasteiger partial charge in [0.2, 0.25) is 17.7 Å². The number of hydrogen-bond acceptors (Lipinski definition) is 28. The van der Waals surface area contributed by atoms with Crippen LogP contribution in [0.3, 0.4) is 0 Å². The zero-order valence-corrected chi connectivity index (χ0v) is 70.0. The molecule has 0 spiro atoms. The number of carbonyl (C=O) groups is 7. The van der Waals surface area contributed by atoms with Crippen molar-refractivity contribution in [3.8, 4) is 0 Å². The molecule has 114 heavy (non-hydrogen) atoms. The van der Waals surface area contributed by atoms with Gasteiger partial charge in [0.1, 0.15) is 59.8 Å². The predicted molar refractivity (Wildman–Crippen MR) is 421 cm³/mol. The zero-order valence-electron chi connectivity index (χ0n) is 69.1. The van der Waals surface area contributed by atoms with Crippen molar-refractivity contribution in [3.05, 3.63) is 0 Å². The number of ether oxygens (including phenoxy) is 9. The highest BCUT2D eigenvalue weighted by Crippen LogP contribution is 2.39. The third-order valence-corrected chi connectivity index (χ3v) is 22.5. The maximum Gasteiger partial charge on any atom is 0.325 e. The van der Waals surface area contributed by atoms with Gasteiger partial charge >= 0.3 is 7.60 Å². The Morgan fingerprint density at radius 3 is 1.14 bits per heavy atom. The smallest absolute Gasteiger partial charge is 0.325 e. The molecule has 664 valence electrons. The van der Waals surface area contributed by atoms with E-state index in [1.165, 1.54) is 0 Å². The van der Waals surface area contributed by atoms with E-state index in [-0.39, 0.29) is 139 Å². The van der Waals surface area contributed by atoms with Gasteiger partial charge in [-0.05, 0) is 102 Å². The van der Waals surface area contributed by atoms with Crippen molar-refractivity contribution in [2.24, 2.45) is 23.7 Å². The van der Waals surface area contributed by atoms with E-state index in [0.717, 1.165) is 70.9 Å². The molecule has 4 fully saturated rings. The summed E-state index contributed by atoms with van der Waals surface area (Å²) in [4.78, 5) is 102. The molecule has 0 aromatic heterocycles. The van der Waals surface area contributed by atoms with Crippen LogP contribution in [0.2, 0.25) is 0 Å². The fourth-order valence-corrected chi connectivity index (χ4v) is 15.0. The summed E-state index contributed by atoms with van der Waals surface area (Å²) in [6.45, 7) is 10.1. The highest BCUT2D eigenvalue weighted by Gasteiger charge is 2.45. The Morgan fingerprint density at radius 1 is 0.412 bits per heavy atom. The third kappa shape index (κ3) is 42.1. The monoisotopic (exact) mass is 1650 g/mol. The summed E-state index contributed by atoms with van der Waals surface area (Å²) in [6, 6.07) is -0.197. The van der Waals surface area contributed by atoms with Crippen molar-refractivity contribution in [2.45, 2.75) is 331 Å². The molecule has 4 aliphatic heterocycles. The molecule has 4 heterocycles. The number of aliphatic hydroxyl groups is 9. The SMILES string of the molecule is CC1C(OCCCCC(=O)CCCCCC(=O)CCOCC(COCCC(=O)CCCCCC(=O)CCCCOC2OC(CO)C(O)C(O)C2C)(COCCC(=O)NCCCNC(=O)CCCCOC2OC(CO)C(O)C(O)C2C)NCCCCCCCCCCCC(=O)N2C[C@H](C)C[C@H]2COP(C)(=O)O)OC(CO)C(O)C1O. The van der Waals surface area contributed by atoms with Crippen molar-refractivity contribution in [1.82, 2.24) is 20.9 Å². The molecule has 4 saturated heterocycles. The number of likely N-dealkylation sites (tertiary alicyclic amines) is 1. The highest BCUT2D eigenvalue weighted by atomic mass is 31.2. The van der Waals surface area contributed by atoms with Gasteiger partial charge in [0.15, 0.2) is 18.9 Å². The molecule has 0 aromatic carbocycles. The Hall–Kier alpha value is -3.52. The second kappa shape index (κ2) is 59.2. The Labute approximate surface area is 676 Å². The maximum absolute atomic E-state index is 13.2. The van der Waals surface area contributed by atoms with E-state index in [1.807, 2.05) is 4.90 Å². The number of unbranched alkanes of at least 4 members (excludes halogenated alkanes) is 15. The number of nitrogens with zero attached hydrogens (tertiary/aromatic N) is 1. The first-order chi connectivity index (χ1) is 54.6. The molecule has 0 aromatic rings. The molecule has 4 aliphatic rings. The van der Waals surface area contributed by atoms with E-state index >= 15 is 0 Å². The summed E-state index contributed by atoms with van der Waals surface area (Å²) in [6.07, 6.45) is 8.06. The lowest BCUT2D eigenvalue weighted by atomic mass is 9.92. The summed E-state index contributed by atoms with van der Waals surface area (Å²) in [5.74, 6) is -1.33. The first-order valence-electron chi connectivity index (χ1n) is 42.7. The number of rotatable bonds is 68. The minimum Gasteiger partial charge on any atom is -0.394 e. The van der Waals surface area contributed by atoms with Gasteiger partial charge in [0.05, 0.1) is 96.0 Å². The Kier molecular flexibility index (Phi) is 53.4. The molecule has 0 bridgehead atoms. The Balaban J connectivity index is 1.26. The van der Waals surface area contributed by atoms with Crippen molar-refractivity contribution < 1.29 is 136 Å². The average molecular weight is 1660 g/mol. The van der Waals surface area contributed by atoms with Crippen LogP contribution in [-0.4, -0.2) is 301 Å². The largest absolute Gasteiger partial charge is 0.394 e. The van der Waals surface area contributed by atoms with Crippen molar-refractivity contribution >= 4 is 48.5 Å². The lowest BCUT2D eigenvalue weighted by Gasteiger charge is -2.40. The summed E-state index contributed by atoms with van der Waals surface area (Å²) in [5, 5.41) is 99.2. The minimum absolute atomic E-state index is 0.0133. The van der Waals surface area contributed by atoms with Gasteiger partial charge in [-0.2, -0.15) is 0 Å². The van der Waals surface area contributed by atoms with Gasteiger partial charge in [-0.3, -0.25) is 38.1 Å².